The highest BCUT2D eigenvalue weighted by Gasteiger charge is 1.66. The van der Waals surface area contributed by atoms with Crippen LogP contribution in [-0.2, 0) is 4.84 Å². The van der Waals surface area contributed by atoms with E-state index in [4.69, 9.17) is 0 Å². The van der Waals surface area contributed by atoms with E-state index in [0.29, 0.717) is 6.61 Å². The van der Waals surface area contributed by atoms with Crippen molar-refractivity contribution in [3.05, 3.63) is 7.43 Å². The Bertz CT molecular complexity index is 15.0. The average Bonchev–Trinajstić information content (AvgIpc) is 1.41. The Balaban J connectivity index is 0. The van der Waals surface area contributed by atoms with Crippen LogP contribution in [0.15, 0.2) is 0 Å². The SMILES string of the molecule is CCCON.[CH3]. The molecule has 39 valence electrons. The molecule has 0 aliphatic rings. The maximum absolute atomic E-state index is 4.64. The van der Waals surface area contributed by atoms with Crippen LogP contribution in [0.2, 0.25) is 0 Å². The molecule has 0 bridgehead atoms. The van der Waals surface area contributed by atoms with Gasteiger partial charge >= 0.3 is 0 Å². The van der Waals surface area contributed by atoms with Crippen molar-refractivity contribution in [2.75, 3.05) is 6.61 Å². The smallest absolute Gasteiger partial charge is 0.0676 e. The van der Waals surface area contributed by atoms with Gasteiger partial charge in [-0.3, -0.25) is 0 Å². The summed E-state index contributed by atoms with van der Waals surface area (Å²) in [6.45, 7) is 2.67. The van der Waals surface area contributed by atoms with Gasteiger partial charge in [0.25, 0.3) is 0 Å². The Morgan fingerprint density at radius 1 is 1.67 bits per heavy atom. The van der Waals surface area contributed by atoms with E-state index >= 15 is 0 Å². The fourth-order valence-corrected chi connectivity index (χ4v) is 0.118. The number of rotatable bonds is 2. The highest BCUT2D eigenvalue weighted by atomic mass is 16.6. The lowest BCUT2D eigenvalue weighted by atomic mass is 10.5. The fraction of sp³-hybridized carbons (Fsp3) is 0.750. The zero-order valence-electron chi connectivity index (χ0n) is 4.40. The summed E-state index contributed by atoms with van der Waals surface area (Å²) in [5, 5.41) is 0. The molecule has 0 fully saturated rings. The van der Waals surface area contributed by atoms with Gasteiger partial charge in [-0.15, -0.1) is 0 Å². The summed E-state index contributed by atoms with van der Waals surface area (Å²) in [7, 11) is 0. The standard InChI is InChI=1S/C3H9NO.CH3/c1-2-3-5-4;/h2-4H2,1H3;1H3. The van der Waals surface area contributed by atoms with Crippen molar-refractivity contribution < 1.29 is 4.84 Å². The van der Waals surface area contributed by atoms with Gasteiger partial charge in [-0.2, -0.15) is 0 Å². The predicted octanol–water partition coefficient (Wildman–Crippen LogP) is 0.737. The Kier molecular flexibility index (Phi) is 13.8. The van der Waals surface area contributed by atoms with E-state index < -0.39 is 0 Å². The van der Waals surface area contributed by atoms with Gasteiger partial charge in [0.2, 0.25) is 0 Å². The molecule has 2 N–H and O–H groups in total. The number of hydrogen-bond donors (Lipinski definition) is 1. The van der Waals surface area contributed by atoms with Crippen molar-refractivity contribution in [3.8, 4) is 0 Å². The van der Waals surface area contributed by atoms with E-state index in [2.05, 4.69) is 10.7 Å². The van der Waals surface area contributed by atoms with Crippen molar-refractivity contribution in [1.29, 1.82) is 0 Å². The molecule has 0 atom stereocenters. The van der Waals surface area contributed by atoms with Gasteiger partial charge in [0.05, 0.1) is 6.61 Å². The first-order chi connectivity index (χ1) is 2.41. The first kappa shape index (κ1) is 9.33. The molecule has 0 aliphatic heterocycles. The Hall–Kier alpha value is -0.0800. The molecule has 2 heteroatoms. The lowest BCUT2D eigenvalue weighted by Crippen LogP contribution is -1.97. The van der Waals surface area contributed by atoms with E-state index in [9.17, 15) is 0 Å². The van der Waals surface area contributed by atoms with Crippen molar-refractivity contribution >= 4 is 0 Å². The predicted molar refractivity (Wildman–Crippen MR) is 26.8 cm³/mol. The van der Waals surface area contributed by atoms with Crippen molar-refractivity contribution in [2.45, 2.75) is 13.3 Å². The third-order valence-corrected chi connectivity index (χ3v) is 0.322. The second-order valence-corrected chi connectivity index (χ2v) is 0.871. The highest BCUT2D eigenvalue weighted by Crippen LogP contribution is 1.67. The molecule has 0 rings (SSSR count). The first-order valence-corrected chi connectivity index (χ1v) is 1.73. The molecule has 6 heavy (non-hydrogen) atoms. The van der Waals surface area contributed by atoms with E-state index in [-0.39, 0.29) is 7.43 Å². The molecular weight excluding hydrogens is 78.0 g/mol. The minimum Gasteiger partial charge on any atom is -0.305 e. The molecular formula is C4H12NO. The van der Waals surface area contributed by atoms with Crippen LogP contribution in [0.5, 0.6) is 0 Å². The average molecular weight is 90.1 g/mol. The van der Waals surface area contributed by atoms with Gasteiger partial charge in [0.15, 0.2) is 0 Å². The summed E-state index contributed by atoms with van der Waals surface area (Å²) in [4.78, 5) is 4.19. The molecule has 0 aliphatic carbocycles. The molecule has 2 nitrogen and oxygen atoms in total. The third kappa shape index (κ3) is 9.07. The van der Waals surface area contributed by atoms with Crippen LogP contribution in [-0.4, -0.2) is 6.61 Å². The Morgan fingerprint density at radius 3 is 2.17 bits per heavy atom. The second-order valence-electron chi connectivity index (χ2n) is 0.871. The molecule has 0 aromatic carbocycles. The van der Waals surface area contributed by atoms with E-state index in [0.717, 1.165) is 6.42 Å². The molecule has 0 saturated heterocycles. The number of hydrogen-bond acceptors (Lipinski definition) is 2. The normalized spacial score (nSPS) is 7.00. The maximum atomic E-state index is 4.64. The quantitative estimate of drug-likeness (QED) is 0.507. The van der Waals surface area contributed by atoms with Gasteiger partial charge in [-0.25, -0.2) is 5.90 Å². The van der Waals surface area contributed by atoms with E-state index in [1.54, 1.807) is 0 Å². The van der Waals surface area contributed by atoms with Crippen LogP contribution >= 0.6 is 0 Å². The molecule has 1 radical (unpaired) electrons. The van der Waals surface area contributed by atoms with Crippen molar-refractivity contribution in [3.63, 3.8) is 0 Å². The molecule has 0 aromatic rings. The van der Waals surface area contributed by atoms with Crippen LogP contribution in [0.1, 0.15) is 13.3 Å². The summed E-state index contributed by atoms with van der Waals surface area (Å²) in [5.41, 5.74) is 0. The van der Waals surface area contributed by atoms with E-state index in [1.165, 1.54) is 0 Å². The van der Waals surface area contributed by atoms with Crippen molar-refractivity contribution in [2.24, 2.45) is 5.90 Å². The topological polar surface area (TPSA) is 35.2 Å². The summed E-state index contributed by atoms with van der Waals surface area (Å²) in [5.74, 6) is 4.64. The van der Waals surface area contributed by atoms with Crippen LogP contribution < -0.4 is 5.90 Å². The van der Waals surface area contributed by atoms with Crippen LogP contribution in [0.3, 0.4) is 0 Å². The first-order valence-electron chi connectivity index (χ1n) is 1.73. The monoisotopic (exact) mass is 90.1 g/mol. The fourth-order valence-electron chi connectivity index (χ4n) is 0.118. The van der Waals surface area contributed by atoms with Crippen molar-refractivity contribution in [1.82, 2.24) is 0 Å². The largest absolute Gasteiger partial charge is 0.305 e. The van der Waals surface area contributed by atoms with Gasteiger partial charge in [-0.05, 0) is 6.42 Å². The molecule has 0 unspecified atom stereocenters. The van der Waals surface area contributed by atoms with E-state index in [1.807, 2.05) is 6.92 Å². The lowest BCUT2D eigenvalue weighted by molar-refractivity contribution is 0.138. The summed E-state index contributed by atoms with van der Waals surface area (Å²) >= 11 is 0. The highest BCUT2D eigenvalue weighted by molar-refractivity contribution is 4.14. The Morgan fingerprint density at radius 2 is 2.17 bits per heavy atom. The molecule has 0 heterocycles. The second kappa shape index (κ2) is 8.87. The van der Waals surface area contributed by atoms with Crippen LogP contribution in [0.4, 0.5) is 0 Å². The minimum atomic E-state index is 0. The van der Waals surface area contributed by atoms with Gasteiger partial charge < -0.3 is 4.84 Å². The maximum Gasteiger partial charge on any atom is 0.0676 e. The molecule has 0 aromatic heterocycles. The van der Waals surface area contributed by atoms with Gasteiger partial charge in [-0.1, -0.05) is 14.4 Å². The minimum absolute atomic E-state index is 0. The Labute approximate surface area is 39.2 Å². The van der Waals surface area contributed by atoms with Gasteiger partial charge in [0, 0.05) is 0 Å². The van der Waals surface area contributed by atoms with Crippen LogP contribution in [0, 0.1) is 7.43 Å². The zero-order valence-corrected chi connectivity index (χ0v) is 4.40. The molecule has 0 saturated carbocycles. The number of nitrogens with two attached hydrogens (primary N) is 1. The lowest BCUT2D eigenvalue weighted by Gasteiger charge is -1.83. The third-order valence-electron chi connectivity index (χ3n) is 0.322. The summed E-state index contributed by atoms with van der Waals surface area (Å²) in [6.07, 6.45) is 0.997. The molecule has 0 spiro atoms. The molecule has 0 amide bonds. The summed E-state index contributed by atoms with van der Waals surface area (Å²) in [6, 6.07) is 0. The summed E-state index contributed by atoms with van der Waals surface area (Å²) < 4.78 is 0. The van der Waals surface area contributed by atoms with Gasteiger partial charge in [0.1, 0.15) is 0 Å². The zero-order chi connectivity index (χ0) is 4.12. The van der Waals surface area contributed by atoms with Crippen LogP contribution in [0.25, 0.3) is 0 Å².